The smallest absolute Gasteiger partial charge is 0.281 e. The number of nitrogens with zero attached hydrogens (tertiary/aromatic N) is 5. The van der Waals surface area contributed by atoms with E-state index in [1.165, 1.54) is 29.2 Å². The summed E-state index contributed by atoms with van der Waals surface area (Å²) < 4.78 is 52.8. The van der Waals surface area contributed by atoms with Crippen molar-refractivity contribution in [2.75, 3.05) is 11.0 Å². The van der Waals surface area contributed by atoms with Crippen molar-refractivity contribution >= 4 is 21.4 Å². The molecule has 11 heteroatoms. The number of sulfonamides is 1. The molecular weight excluding hydrogens is 402 g/mol. The van der Waals surface area contributed by atoms with Crippen LogP contribution in [0.5, 0.6) is 0 Å². The number of fused-ring (bicyclic) bond motifs is 1. The second-order valence-corrected chi connectivity index (χ2v) is 7.95. The van der Waals surface area contributed by atoms with E-state index in [0.29, 0.717) is 28.3 Å². The van der Waals surface area contributed by atoms with Crippen LogP contribution in [0.1, 0.15) is 12.1 Å². The third-order valence-electron chi connectivity index (χ3n) is 3.99. The molecule has 4 rings (SSSR count). The third kappa shape index (κ3) is 4.04. The molecule has 0 bridgehead atoms. The maximum atomic E-state index is 13.0. The summed E-state index contributed by atoms with van der Waals surface area (Å²) in [4.78, 5) is 16.6. The number of nitrogens with one attached hydrogen (secondary N) is 1. The zero-order chi connectivity index (χ0) is 20.6. The van der Waals surface area contributed by atoms with E-state index in [1.807, 2.05) is 0 Å². The Kier molecular flexibility index (Phi) is 4.66. The molecule has 0 radical (unpaired) electrons. The average Bonchev–Trinajstić information content (AvgIpc) is 3.10. The Labute approximate surface area is 164 Å². The van der Waals surface area contributed by atoms with Crippen LogP contribution in [0.2, 0.25) is 0 Å². The van der Waals surface area contributed by atoms with Gasteiger partial charge in [-0.3, -0.25) is 9.12 Å². The van der Waals surface area contributed by atoms with Crippen LogP contribution in [-0.4, -0.2) is 39.0 Å². The minimum atomic E-state index is -3.42. The predicted octanol–water partition coefficient (Wildman–Crippen LogP) is 3.16. The number of hydrogen-bond acceptors (Lipinski definition) is 6. The van der Waals surface area contributed by atoms with Crippen LogP contribution in [0.3, 0.4) is 0 Å². The summed E-state index contributed by atoms with van der Waals surface area (Å²) >= 11 is 0. The first-order valence-corrected chi connectivity index (χ1v) is 10.2. The number of anilines is 1. The van der Waals surface area contributed by atoms with Gasteiger partial charge in [-0.1, -0.05) is 12.1 Å². The molecule has 3 heterocycles. The molecule has 0 spiro atoms. The van der Waals surface area contributed by atoms with Crippen LogP contribution in [0.15, 0.2) is 55.1 Å². The van der Waals surface area contributed by atoms with E-state index in [-0.39, 0.29) is 11.5 Å². The molecule has 1 aromatic carbocycles. The van der Waals surface area contributed by atoms with Crippen LogP contribution in [0.4, 0.5) is 14.5 Å². The van der Waals surface area contributed by atoms with Gasteiger partial charge < -0.3 is 0 Å². The van der Waals surface area contributed by atoms with Gasteiger partial charge in [0.05, 0.1) is 24.3 Å². The summed E-state index contributed by atoms with van der Waals surface area (Å²) in [6, 6.07) is 8.39. The number of halogens is 2. The Morgan fingerprint density at radius 1 is 1.10 bits per heavy atom. The highest BCUT2D eigenvalue weighted by Gasteiger charge is 2.15. The lowest BCUT2D eigenvalue weighted by Gasteiger charge is -2.08. The Hall–Kier alpha value is -3.47. The molecule has 4 aromatic rings. The zero-order valence-corrected chi connectivity index (χ0v) is 15.8. The first kappa shape index (κ1) is 18.9. The number of alkyl halides is 2. The summed E-state index contributed by atoms with van der Waals surface area (Å²) in [5.74, 6) is 0.280. The summed E-state index contributed by atoms with van der Waals surface area (Å²) in [5, 5.41) is 0. The van der Waals surface area contributed by atoms with Gasteiger partial charge in [0.2, 0.25) is 10.0 Å². The number of rotatable bonds is 5. The Morgan fingerprint density at radius 3 is 2.69 bits per heavy atom. The van der Waals surface area contributed by atoms with E-state index in [2.05, 4.69) is 24.7 Å². The van der Waals surface area contributed by atoms with Crippen LogP contribution in [0, 0.1) is 0 Å². The fourth-order valence-corrected chi connectivity index (χ4v) is 3.34. The van der Waals surface area contributed by atoms with Crippen molar-refractivity contribution in [2.45, 2.75) is 6.43 Å². The van der Waals surface area contributed by atoms with Gasteiger partial charge in [-0.05, 0) is 18.2 Å². The van der Waals surface area contributed by atoms with E-state index < -0.39 is 16.4 Å². The van der Waals surface area contributed by atoms with E-state index >= 15 is 0 Å². The largest absolute Gasteiger partial charge is 0.294 e. The van der Waals surface area contributed by atoms with Crippen LogP contribution < -0.4 is 4.72 Å². The monoisotopic (exact) mass is 416 g/mol. The molecular formula is C18H14F2N6O2S. The number of aromatic nitrogens is 5. The summed E-state index contributed by atoms with van der Waals surface area (Å²) in [6.07, 6.45) is 3.82. The first-order chi connectivity index (χ1) is 13.8. The molecule has 0 amide bonds. The van der Waals surface area contributed by atoms with Crippen molar-refractivity contribution in [3.8, 4) is 22.8 Å². The first-order valence-electron chi connectivity index (χ1n) is 8.33. The molecule has 3 aromatic heterocycles. The van der Waals surface area contributed by atoms with Gasteiger partial charge in [-0.25, -0.2) is 37.1 Å². The summed E-state index contributed by atoms with van der Waals surface area (Å²) in [7, 11) is -3.42. The standard InChI is InChI=1S/C18H14F2N6O2S/c1-29(27,28)25-12-4-2-3-11(7-12)13-5-6-21-18(24-13)15-8-23-16-9-22-14(17(19)20)10-26(15)16/h2-10,17,25H,1H3. The van der Waals surface area contributed by atoms with Gasteiger partial charge in [0, 0.05) is 23.6 Å². The van der Waals surface area contributed by atoms with E-state index in [9.17, 15) is 17.2 Å². The molecule has 0 aliphatic carbocycles. The van der Waals surface area contributed by atoms with Crippen molar-refractivity contribution in [3.05, 3.63) is 60.8 Å². The van der Waals surface area contributed by atoms with Gasteiger partial charge >= 0.3 is 0 Å². The molecule has 0 saturated heterocycles. The Morgan fingerprint density at radius 2 is 1.93 bits per heavy atom. The quantitative estimate of drug-likeness (QED) is 0.536. The van der Waals surface area contributed by atoms with E-state index in [0.717, 1.165) is 6.26 Å². The normalized spacial score (nSPS) is 11.9. The number of benzene rings is 1. The maximum Gasteiger partial charge on any atom is 0.281 e. The van der Waals surface area contributed by atoms with Crippen LogP contribution in [-0.2, 0) is 10.0 Å². The molecule has 148 valence electrons. The lowest BCUT2D eigenvalue weighted by molar-refractivity contribution is 0.145. The van der Waals surface area contributed by atoms with E-state index in [4.69, 9.17) is 0 Å². The zero-order valence-electron chi connectivity index (χ0n) is 15.0. The highest BCUT2D eigenvalue weighted by molar-refractivity contribution is 7.92. The highest BCUT2D eigenvalue weighted by atomic mass is 32.2. The van der Waals surface area contributed by atoms with Gasteiger partial charge in [-0.15, -0.1) is 0 Å². The van der Waals surface area contributed by atoms with Gasteiger partial charge in [0.1, 0.15) is 11.4 Å². The molecule has 8 nitrogen and oxygen atoms in total. The minimum absolute atomic E-state index is 0.280. The molecule has 0 unspecified atom stereocenters. The van der Waals surface area contributed by atoms with Crippen molar-refractivity contribution in [1.29, 1.82) is 0 Å². The topological polar surface area (TPSA) is 102 Å². The highest BCUT2D eigenvalue weighted by Crippen LogP contribution is 2.25. The molecule has 0 fully saturated rings. The van der Waals surface area contributed by atoms with Crippen molar-refractivity contribution in [2.24, 2.45) is 0 Å². The lowest BCUT2D eigenvalue weighted by atomic mass is 10.1. The van der Waals surface area contributed by atoms with Crippen molar-refractivity contribution in [1.82, 2.24) is 24.3 Å². The molecule has 1 N–H and O–H groups in total. The Balaban J connectivity index is 1.76. The maximum absolute atomic E-state index is 13.0. The molecule has 0 aliphatic heterocycles. The van der Waals surface area contributed by atoms with Crippen LogP contribution >= 0.6 is 0 Å². The Bertz CT molecular complexity index is 1310. The number of hydrogen-bond donors (Lipinski definition) is 1. The van der Waals surface area contributed by atoms with Gasteiger partial charge in [0.15, 0.2) is 11.5 Å². The molecule has 29 heavy (non-hydrogen) atoms. The molecule has 0 atom stereocenters. The second-order valence-electron chi connectivity index (χ2n) is 6.21. The fraction of sp³-hybridized carbons (Fsp3) is 0.111. The van der Waals surface area contributed by atoms with Crippen LogP contribution in [0.25, 0.3) is 28.4 Å². The van der Waals surface area contributed by atoms with Gasteiger partial charge in [-0.2, -0.15) is 0 Å². The van der Waals surface area contributed by atoms with E-state index in [1.54, 1.807) is 30.3 Å². The average molecular weight is 416 g/mol. The lowest BCUT2D eigenvalue weighted by Crippen LogP contribution is -2.09. The fourth-order valence-electron chi connectivity index (χ4n) is 2.78. The number of imidazole rings is 1. The van der Waals surface area contributed by atoms with Crippen molar-refractivity contribution in [3.63, 3.8) is 0 Å². The summed E-state index contributed by atoms with van der Waals surface area (Å²) in [5.41, 5.74) is 2.02. The molecule has 0 aliphatic rings. The van der Waals surface area contributed by atoms with Gasteiger partial charge in [0.25, 0.3) is 6.43 Å². The molecule has 0 saturated carbocycles. The summed E-state index contributed by atoms with van der Waals surface area (Å²) in [6.45, 7) is 0. The predicted molar refractivity (Wildman–Crippen MR) is 103 cm³/mol. The second kappa shape index (κ2) is 7.17. The van der Waals surface area contributed by atoms with Crippen molar-refractivity contribution < 1.29 is 17.2 Å². The third-order valence-corrected chi connectivity index (χ3v) is 4.59. The minimum Gasteiger partial charge on any atom is -0.294 e. The SMILES string of the molecule is CS(=O)(=O)Nc1cccc(-c2ccnc(-c3cnc4cnc(C(F)F)cn34)n2)c1.